The van der Waals surface area contributed by atoms with Gasteiger partial charge in [0.15, 0.2) is 9.84 Å². The van der Waals surface area contributed by atoms with Crippen LogP contribution in [0.2, 0.25) is 0 Å². The van der Waals surface area contributed by atoms with Gasteiger partial charge in [0, 0.05) is 0 Å². The minimum atomic E-state index is -4.42. The van der Waals surface area contributed by atoms with Crippen molar-refractivity contribution in [3.63, 3.8) is 0 Å². The van der Waals surface area contributed by atoms with Crippen molar-refractivity contribution in [2.24, 2.45) is 5.73 Å². The Balaban J connectivity index is 3.67. The molecule has 0 fully saturated rings. The van der Waals surface area contributed by atoms with Crippen LogP contribution in [0.25, 0.3) is 0 Å². The molecule has 0 atom stereocenters. The van der Waals surface area contributed by atoms with Crippen LogP contribution in [-0.4, -0.2) is 45.9 Å². The number of halogens is 3. The molecular weight excluding hydrogens is 235 g/mol. The van der Waals surface area contributed by atoms with Crippen molar-refractivity contribution in [1.82, 2.24) is 0 Å². The monoisotopic (exact) mass is 249 g/mol. The Labute approximate surface area is 86.5 Å². The highest BCUT2D eigenvalue weighted by Gasteiger charge is 2.27. The summed E-state index contributed by atoms with van der Waals surface area (Å²) in [7, 11) is -3.33. The minimum Gasteiger partial charge on any atom is -0.371 e. The van der Waals surface area contributed by atoms with Gasteiger partial charge in [-0.3, -0.25) is 0 Å². The van der Waals surface area contributed by atoms with Crippen molar-refractivity contribution in [3.8, 4) is 0 Å². The molecule has 0 rings (SSSR count). The molecule has 0 aliphatic heterocycles. The lowest BCUT2D eigenvalue weighted by Crippen LogP contribution is -2.22. The van der Waals surface area contributed by atoms with Crippen molar-refractivity contribution in [2.75, 3.05) is 31.3 Å². The van der Waals surface area contributed by atoms with E-state index in [1.165, 1.54) is 0 Å². The highest BCUT2D eigenvalue weighted by Crippen LogP contribution is 2.14. The zero-order chi connectivity index (χ0) is 11.9. The van der Waals surface area contributed by atoms with Gasteiger partial charge in [0.25, 0.3) is 0 Å². The van der Waals surface area contributed by atoms with Gasteiger partial charge in [-0.25, -0.2) is 8.42 Å². The molecule has 0 spiro atoms. The van der Waals surface area contributed by atoms with Gasteiger partial charge in [-0.05, 0) is 13.0 Å². The largest absolute Gasteiger partial charge is 0.411 e. The molecule has 0 saturated heterocycles. The third kappa shape index (κ3) is 9.95. The van der Waals surface area contributed by atoms with Crippen LogP contribution < -0.4 is 5.73 Å². The van der Waals surface area contributed by atoms with E-state index in [1.54, 1.807) is 0 Å². The maximum Gasteiger partial charge on any atom is 0.411 e. The van der Waals surface area contributed by atoms with E-state index in [0.29, 0.717) is 6.42 Å². The van der Waals surface area contributed by atoms with Crippen LogP contribution in [0.15, 0.2) is 0 Å². The molecule has 0 heterocycles. The van der Waals surface area contributed by atoms with E-state index in [0.717, 1.165) is 0 Å². The lowest BCUT2D eigenvalue weighted by Gasteiger charge is -2.07. The molecular formula is C7H14F3NO3S. The predicted octanol–water partition coefficient (Wildman–Crippen LogP) is 0.329. The smallest absolute Gasteiger partial charge is 0.371 e. The minimum absolute atomic E-state index is 0.112. The Morgan fingerprint density at radius 3 is 2.27 bits per heavy atom. The molecule has 0 aromatic heterocycles. The van der Waals surface area contributed by atoms with Crippen molar-refractivity contribution >= 4 is 9.84 Å². The molecule has 0 saturated carbocycles. The van der Waals surface area contributed by atoms with Crippen LogP contribution in [-0.2, 0) is 14.6 Å². The second-order valence-electron chi connectivity index (χ2n) is 2.96. The molecule has 0 aromatic carbocycles. The average Bonchev–Trinajstić information content (AvgIpc) is 2.08. The van der Waals surface area contributed by atoms with Gasteiger partial charge < -0.3 is 10.5 Å². The van der Waals surface area contributed by atoms with Gasteiger partial charge >= 0.3 is 6.18 Å². The van der Waals surface area contributed by atoms with E-state index in [2.05, 4.69) is 4.74 Å². The fourth-order valence-electron chi connectivity index (χ4n) is 0.779. The van der Waals surface area contributed by atoms with Gasteiger partial charge in [0.05, 0.1) is 18.1 Å². The van der Waals surface area contributed by atoms with Crippen molar-refractivity contribution < 1.29 is 26.3 Å². The molecule has 4 nitrogen and oxygen atoms in total. The van der Waals surface area contributed by atoms with Crippen LogP contribution >= 0.6 is 0 Å². The molecule has 2 N–H and O–H groups in total. The maximum atomic E-state index is 11.6. The van der Waals surface area contributed by atoms with E-state index in [9.17, 15) is 21.6 Å². The molecule has 0 unspecified atom stereocenters. The molecule has 92 valence electrons. The maximum absolute atomic E-state index is 11.6. The molecule has 0 amide bonds. The third-order valence-electron chi connectivity index (χ3n) is 1.46. The summed E-state index contributed by atoms with van der Waals surface area (Å²) in [4.78, 5) is 0. The number of sulfone groups is 1. The first kappa shape index (κ1) is 14.7. The molecule has 0 aromatic rings. The second-order valence-corrected chi connectivity index (χ2v) is 5.27. The highest BCUT2D eigenvalue weighted by atomic mass is 32.2. The molecule has 0 radical (unpaired) electrons. The first-order valence-corrected chi connectivity index (χ1v) is 6.14. The number of hydrogen-bond acceptors (Lipinski definition) is 4. The number of nitrogens with two attached hydrogens (primary N) is 1. The molecule has 0 aliphatic carbocycles. The van der Waals surface area contributed by atoms with Crippen molar-refractivity contribution in [1.29, 1.82) is 0 Å². The average molecular weight is 249 g/mol. The van der Waals surface area contributed by atoms with Crippen LogP contribution in [0.4, 0.5) is 13.2 Å². The van der Waals surface area contributed by atoms with Crippen LogP contribution in [0.5, 0.6) is 0 Å². The summed E-state index contributed by atoms with van der Waals surface area (Å²) in [6.45, 7) is -1.62. The lowest BCUT2D eigenvalue weighted by atomic mass is 10.5. The zero-order valence-electron chi connectivity index (χ0n) is 8.09. The van der Waals surface area contributed by atoms with Crippen LogP contribution in [0.1, 0.15) is 6.42 Å². The highest BCUT2D eigenvalue weighted by molar-refractivity contribution is 7.91. The Morgan fingerprint density at radius 2 is 1.80 bits per heavy atom. The summed E-state index contributed by atoms with van der Waals surface area (Å²) >= 11 is 0. The standard InChI is InChI=1S/C7H14F3NO3S/c8-7(9,10)6-14-3-5-15(12,13)4-1-2-11/h1-6,11H2. The Bertz CT molecular complexity index is 263. The third-order valence-corrected chi connectivity index (χ3v) is 3.16. The summed E-state index contributed by atoms with van der Waals surface area (Å²) in [5, 5.41) is 0. The SMILES string of the molecule is NCCCS(=O)(=O)CCOCC(F)(F)F. The second kappa shape index (κ2) is 6.29. The predicted molar refractivity (Wildman–Crippen MR) is 49.2 cm³/mol. The van der Waals surface area contributed by atoms with Gasteiger partial charge in [0.1, 0.15) is 6.61 Å². The van der Waals surface area contributed by atoms with Crippen molar-refractivity contribution in [3.05, 3.63) is 0 Å². The van der Waals surface area contributed by atoms with E-state index >= 15 is 0 Å². The first-order chi connectivity index (χ1) is 6.77. The van der Waals surface area contributed by atoms with Gasteiger partial charge in [-0.15, -0.1) is 0 Å². The molecule has 0 bridgehead atoms. The molecule has 8 heteroatoms. The van der Waals surface area contributed by atoms with Gasteiger partial charge in [0.2, 0.25) is 0 Å². The Kier molecular flexibility index (Phi) is 6.15. The van der Waals surface area contributed by atoms with E-state index in [-0.39, 0.29) is 12.3 Å². The fourth-order valence-corrected chi connectivity index (χ4v) is 1.96. The van der Waals surface area contributed by atoms with Gasteiger partial charge in [-0.1, -0.05) is 0 Å². The zero-order valence-corrected chi connectivity index (χ0v) is 8.90. The first-order valence-electron chi connectivity index (χ1n) is 4.32. The fraction of sp³-hybridized carbons (Fsp3) is 1.00. The summed E-state index contributed by atoms with van der Waals surface area (Å²) in [6.07, 6.45) is -4.11. The number of hydrogen-bond donors (Lipinski definition) is 1. The van der Waals surface area contributed by atoms with Crippen LogP contribution in [0, 0.1) is 0 Å². The number of alkyl halides is 3. The summed E-state index contributed by atoms with van der Waals surface area (Å²) in [5.41, 5.74) is 5.10. The summed E-state index contributed by atoms with van der Waals surface area (Å²) in [5.74, 6) is -0.512. The number of ether oxygens (including phenoxy) is 1. The normalized spacial score (nSPS) is 13.1. The van der Waals surface area contributed by atoms with Gasteiger partial charge in [-0.2, -0.15) is 13.2 Å². The summed E-state index contributed by atoms with van der Waals surface area (Å²) < 4.78 is 61.1. The molecule has 15 heavy (non-hydrogen) atoms. The van der Waals surface area contributed by atoms with Crippen molar-refractivity contribution in [2.45, 2.75) is 12.6 Å². The quantitative estimate of drug-likeness (QED) is 0.660. The molecule has 0 aliphatic rings. The van der Waals surface area contributed by atoms with E-state index < -0.39 is 35.0 Å². The number of rotatable bonds is 7. The van der Waals surface area contributed by atoms with E-state index in [4.69, 9.17) is 5.73 Å². The Hall–Kier alpha value is -0.340. The lowest BCUT2D eigenvalue weighted by molar-refractivity contribution is -0.172. The van der Waals surface area contributed by atoms with Crippen LogP contribution in [0.3, 0.4) is 0 Å². The summed E-state index contributed by atoms with van der Waals surface area (Å²) in [6, 6.07) is 0. The Morgan fingerprint density at radius 1 is 1.20 bits per heavy atom. The van der Waals surface area contributed by atoms with E-state index in [1.807, 2.05) is 0 Å². The topological polar surface area (TPSA) is 69.4 Å².